The Kier molecular flexibility index (Phi) is 6.66. The van der Waals surface area contributed by atoms with E-state index in [9.17, 15) is 26.0 Å². The Hall–Kier alpha value is -2.95. The van der Waals surface area contributed by atoms with E-state index in [0.29, 0.717) is 11.4 Å². The summed E-state index contributed by atoms with van der Waals surface area (Å²) in [4.78, 5) is 14.0. The van der Waals surface area contributed by atoms with Crippen LogP contribution >= 0.6 is 11.6 Å². The highest BCUT2D eigenvalue weighted by Gasteiger charge is 2.36. The molecule has 0 spiro atoms. The lowest BCUT2D eigenvalue weighted by Crippen LogP contribution is -2.32. The van der Waals surface area contributed by atoms with Crippen LogP contribution in [0.15, 0.2) is 82.6 Å². The maximum atomic E-state index is 13.9. The molecule has 1 heterocycles. The van der Waals surface area contributed by atoms with E-state index in [4.69, 9.17) is 11.6 Å². The van der Waals surface area contributed by atoms with Crippen molar-refractivity contribution in [1.82, 2.24) is 4.90 Å². The van der Waals surface area contributed by atoms with Gasteiger partial charge in [-0.2, -0.15) is 0 Å². The molecule has 0 bridgehead atoms. The van der Waals surface area contributed by atoms with Crippen molar-refractivity contribution in [3.8, 4) is 0 Å². The number of hydrogen-bond donors (Lipinski definition) is 1. The molecule has 1 fully saturated rings. The molecule has 1 amide bonds. The molecule has 1 atom stereocenters. The van der Waals surface area contributed by atoms with E-state index in [1.54, 1.807) is 0 Å². The molecule has 0 aromatic heterocycles. The normalized spacial score (nSPS) is 16.4. The number of nitrogens with one attached hydrogen (secondary N) is 1. The summed E-state index contributed by atoms with van der Waals surface area (Å²) >= 11 is 5.84. The van der Waals surface area contributed by atoms with Gasteiger partial charge >= 0.3 is 0 Å². The van der Waals surface area contributed by atoms with Gasteiger partial charge in [-0.3, -0.25) is 9.52 Å². The minimum absolute atomic E-state index is 0.0471. The third kappa shape index (κ3) is 4.94. The Morgan fingerprint density at radius 2 is 1.59 bits per heavy atom. The van der Waals surface area contributed by atoms with Crippen molar-refractivity contribution in [3.05, 3.63) is 89.2 Å². The van der Waals surface area contributed by atoms with Gasteiger partial charge in [-0.25, -0.2) is 21.2 Å². The second kappa shape index (κ2) is 9.36. The summed E-state index contributed by atoms with van der Waals surface area (Å²) < 4.78 is 66.8. The SMILES string of the molecule is O=C(c1ccc(NS(=O)(=O)c2ccccc2F)cc1)N1CCC(S(=O)(=O)c2ccc(Cl)cc2)C1. The number of anilines is 1. The van der Waals surface area contributed by atoms with Gasteiger partial charge in [0.05, 0.1) is 10.1 Å². The Bertz CT molecular complexity index is 1430. The van der Waals surface area contributed by atoms with Crippen molar-refractivity contribution in [2.45, 2.75) is 21.5 Å². The average molecular weight is 523 g/mol. The molecule has 178 valence electrons. The van der Waals surface area contributed by atoms with Crippen LogP contribution in [0, 0.1) is 5.82 Å². The van der Waals surface area contributed by atoms with Gasteiger partial charge in [0.25, 0.3) is 15.9 Å². The molecule has 1 N–H and O–H groups in total. The van der Waals surface area contributed by atoms with Crippen LogP contribution < -0.4 is 4.72 Å². The Labute approximate surface area is 202 Å². The highest BCUT2D eigenvalue weighted by molar-refractivity contribution is 7.92. The molecular formula is C23H20ClFN2O5S2. The molecule has 1 aliphatic rings. The zero-order valence-corrected chi connectivity index (χ0v) is 20.1. The van der Waals surface area contributed by atoms with Gasteiger partial charge in [-0.05, 0) is 67.1 Å². The summed E-state index contributed by atoms with van der Waals surface area (Å²) in [6.07, 6.45) is 0.303. The molecule has 0 radical (unpaired) electrons. The number of nitrogens with zero attached hydrogens (tertiary/aromatic N) is 1. The van der Waals surface area contributed by atoms with Crippen molar-refractivity contribution in [2.75, 3.05) is 17.8 Å². The fraction of sp³-hybridized carbons (Fsp3) is 0.174. The van der Waals surface area contributed by atoms with Gasteiger partial charge < -0.3 is 4.90 Å². The number of sulfone groups is 1. The van der Waals surface area contributed by atoms with E-state index in [-0.39, 0.29) is 35.1 Å². The topological polar surface area (TPSA) is 101 Å². The standard InChI is InChI=1S/C23H20ClFN2O5S2/c24-17-7-11-19(12-8-17)33(29,30)20-13-14-27(15-20)23(28)16-5-9-18(10-6-16)26-34(31,32)22-4-2-1-3-21(22)25/h1-12,20,26H,13-15H2. The van der Waals surface area contributed by atoms with Crippen molar-refractivity contribution in [3.63, 3.8) is 0 Å². The Balaban J connectivity index is 1.44. The van der Waals surface area contributed by atoms with Gasteiger partial charge in [0.1, 0.15) is 10.7 Å². The highest BCUT2D eigenvalue weighted by atomic mass is 35.5. The molecule has 0 saturated carbocycles. The third-order valence-corrected chi connectivity index (χ3v) is 9.38. The summed E-state index contributed by atoms with van der Waals surface area (Å²) in [6.45, 7) is 0.323. The number of hydrogen-bond acceptors (Lipinski definition) is 5. The zero-order chi connectivity index (χ0) is 24.5. The fourth-order valence-corrected chi connectivity index (χ4v) is 6.68. The number of halogens is 2. The van der Waals surface area contributed by atoms with Crippen LogP contribution in [0.2, 0.25) is 5.02 Å². The number of amides is 1. The van der Waals surface area contributed by atoms with Gasteiger partial charge in [0.15, 0.2) is 9.84 Å². The molecule has 1 saturated heterocycles. The van der Waals surface area contributed by atoms with Crippen LogP contribution in [-0.2, 0) is 19.9 Å². The predicted molar refractivity (Wildman–Crippen MR) is 127 cm³/mol. The third-order valence-electron chi connectivity index (χ3n) is 5.52. The molecule has 7 nitrogen and oxygen atoms in total. The van der Waals surface area contributed by atoms with Crippen LogP contribution in [0.25, 0.3) is 0 Å². The summed E-state index contributed by atoms with van der Waals surface area (Å²) in [7, 11) is -7.76. The number of sulfonamides is 1. The largest absolute Gasteiger partial charge is 0.337 e. The first-order chi connectivity index (χ1) is 16.1. The number of carbonyl (C=O) groups is 1. The van der Waals surface area contributed by atoms with E-state index in [1.807, 2.05) is 0 Å². The number of rotatable bonds is 6. The van der Waals surface area contributed by atoms with E-state index in [1.165, 1.54) is 65.6 Å². The second-order valence-electron chi connectivity index (χ2n) is 7.77. The molecule has 4 rings (SSSR count). The minimum atomic E-state index is -4.14. The van der Waals surface area contributed by atoms with Gasteiger partial charge in [-0.1, -0.05) is 23.7 Å². The molecule has 3 aromatic carbocycles. The summed E-state index contributed by atoms with van der Waals surface area (Å²) in [5.41, 5.74) is 0.433. The maximum Gasteiger partial charge on any atom is 0.264 e. The van der Waals surface area contributed by atoms with Crippen LogP contribution in [0.3, 0.4) is 0 Å². The van der Waals surface area contributed by atoms with E-state index in [0.717, 1.165) is 12.1 Å². The predicted octanol–water partition coefficient (Wildman–Crippen LogP) is 3.97. The number of likely N-dealkylation sites (tertiary alicyclic amines) is 1. The highest BCUT2D eigenvalue weighted by Crippen LogP contribution is 2.26. The first-order valence-corrected chi connectivity index (χ1v) is 13.6. The first-order valence-electron chi connectivity index (χ1n) is 10.2. The molecule has 0 aliphatic carbocycles. The van der Waals surface area contributed by atoms with E-state index >= 15 is 0 Å². The van der Waals surface area contributed by atoms with Crippen LogP contribution in [0.5, 0.6) is 0 Å². The van der Waals surface area contributed by atoms with Gasteiger partial charge in [0, 0.05) is 29.4 Å². The average Bonchev–Trinajstić information content (AvgIpc) is 3.31. The first kappa shape index (κ1) is 24.2. The Morgan fingerprint density at radius 3 is 2.24 bits per heavy atom. The van der Waals surface area contributed by atoms with Crippen LogP contribution in [0.1, 0.15) is 16.8 Å². The van der Waals surface area contributed by atoms with Crippen LogP contribution in [0.4, 0.5) is 10.1 Å². The molecule has 1 aliphatic heterocycles. The maximum absolute atomic E-state index is 13.9. The molecule has 1 unspecified atom stereocenters. The lowest BCUT2D eigenvalue weighted by Gasteiger charge is -2.17. The fourth-order valence-electron chi connectivity index (χ4n) is 3.72. The van der Waals surface area contributed by atoms with Crippen molar-refractivity contribution in [2.24, 2.45) is 0 Å². The molecular weight excluding hydrogens is 503 g/mol. The smallest absolute Gasteiger partial charge is 0.264 e. The number of carbonyl (C=O) groups excluding carboxylic acids is 1. The molecule has 11 heteroatoms. The van der Waals surface area contributed by atoms with Gasteiger partial charge in [0.2, 0.25) is 0 Å². The van der Waals surface area contributed by atoms with Crippen molar-refractivity contribution in [1.29, 1.82) is 0 Å². The molecule has 34 heavy (non-hydrogen) atoms. The monoisotopic (exact) mass is 522 g/mol. The lowest BCUT2D eigenvalue weighted by molar-refractivity contribution is 0.0793. The minimum Gasteiger partial charge on any atom is -0.337 e. The van der Waals surface area contributed by atoms with Crippen LogP contribution in [-0.4, -0.2) is 46.0 Å². The zero-order valence-electron chi connectivity index (χ0n) is 17.7. The lowest BCUT2D eigenvalue weighted by atomic mass is 10.2. The van der Waals surface area contributed by atoms with Gasteiger partial charge in [-0.15, -0.1) is 0 Å². The van der Waals surface area contributed by atoms with E-state index < -0.39 is 35.8 Å². The summed E-state index contributed by atoms with van der Waals surface area (Å²) in [6, 6.07) is 16.6. The summed E-state index contributed by atoms with van der Waals surface area (Å²) in [5.74, 6) is -1.24. The molecule has 3 aromatic rings. The summed E-state index contributed by atoms with van der Waals surface area (Å²) in [5, 5.41) is -0.300. The van der Waals surface area contributed by atoms with E-state index in [2.05, 4.69) is 4.72 Å². The Morgan fingerprint density at radius 1 is 0.941 bits per heavy atom. The van der Waals surface area contributed by atoms with Crippen molar-refractivity contribution < 1.29 is 26.0 Å². The number of benzene rings is 3. The van der Waals surface area contributed by atoms with Crippen molar-refractivity contribution >= 4 is 43.1 Å². The second-order valence-corrected chi connectivity index (χ2v) is 12.1. The quantitative estimate of drug-likeness (QED) is 0.528.